The average Bonchev–Trinajstić information content (AvgIpc) is 2.62. The molecule has 2 rings (SSSR count). The highest BCUT2D eigenvalue weighted by molar-refractivity contribution is 8.13. The lowest BCUT2D eigenvalue weighted by atomic mass is 10.2. The molecule has 1 N–H and O–H groups in total. The Labute approximate surface area is 171 Å². The number of rotatable bonds is 7. The number of carbonyl (C=O) groups excluding carboxylic acids is 3. The van der Waals surface area contributed by atoms with E-state index >= 15 is 0 Å². The van der Waals surface area contributed by atoms with Crippen LogP contribution in [0.15, 0.2) is 63.7 Å². The summed E-state index contributed by atoms with van der Waals surface area (Å²) in [7, 11) is 1.22. The van der Waals surface area contributed by atoms with Gasteiger partial charge in [0.05, 0.1) is 4.90 Å². The van der Waals surface area contributed by atoms with Gasteiger partial charge in [-0.2, -0.15) is 10.2 Å². The summed E-state index contributed by atoms with van der Waals surface area (Å²) in [4.78, 5) is 35.2. The fraction of sp³-hybridized carbons (Fsp3) is 0.167. The third kappa shape index (κ3) is 6.47. The summed E-state index contributed by atoms with van der Waals surface area (Å²) in [6.07, 6.45) is 0. The molecule has 2 aromatic carbocycles. The highest BCUT2D eigenvalue weighted by Gasteiger charge is 2.24. The highest BCUT2D eigenvalue weighted by atomic mass is 35.7. The van der Waals surface area contributed by atoms with Crippen LogP contribution in [0.2, 0.25) is 0 Å². The number of benzene rings is 2. The molecule has 0 aliphatic rings. The molecule has 2 aromatic rings. The van der Waals surface area contributed by atoms with Gasteiger partial charge in [0.2, 0.25) is 6.04 Å². The van der Waals surface area contributed by atoms with Crippen molar-refractivity contribution < 1.29 is 27.5 Å². The second-order valence-electron chi connectivity index (χ2n) is 5.74. The molecular formula is C18H16ClN3O6S. The molecule has 9 nitrogen and oxygen atoms in total. The molecule has 0 aromatic heterocycles. The number of ether oxygens (including phenoxy) is 1. The molecule has 0 bridgehead atoms. The van der Waals surface area contributed by atoms with E-state index in [0.717, 1.165) is 32.0 Å². The smallest absolute Gasteiger partial charge is 0.308 e. The maximum absolute atomic E-state index is 12.4. The molecule has 0 heterocycles. The molecular weight excluding hydrogens is 422 g/mol. The quantitative estimate of drug-likeness (QED) is 0.232. The Morgan fingerprint density at radius 2 is 1.72 bits per heavy atom. The fourth-order valence-corrected chi connectivity index (χ4v) is 2.91. The molecule has 1 atom stereocenters. The lowest BCUT2D eigenvalue weighted by molar-refractivity contribution is -0.132. The van der Waals surface area contributed by atoms with E-state index < -0.39 is 32.8 Å². The Morgan fingerprint density at radius 1 is 1.07 bits per heavy atom. The van der Waals surface area contributed by atoms with Crippen LogP contribution in [0.3, 0.4) is 0 Å². The summed E-state index contributed by atoms with van der Waals surface area (Å²) in [6, 6.07) is 10.2. The zero-order valence-electron chi connectivity index (χ0n) is 15.3. The van der Waals surface area contributed by atoms with Crippen LogP contribution in [0.4, 0.5) is 11.4 Å². The van der Waals surface area contributed by atoms with Crippen LogP contribution in [0.5, 0.6) is 5.75 Å². The number of para-hydroxylation sites is 1. The number of carbonyl (C=O) groups is 3. The van der Waals surface area contributed by atoms with Gasteiger partial charge in [-0.3, -0.25) is 14.4 Å². The molecule has 152 valence electrons. The van der Waals surface area contributed by atoms with Gasteiger partial charge in [-0.25, -0.2) is 8.42 Å². The van der Waals surface area contributed by atoms with Crippen molar-refractivity contribution in [3.05, 3.63) is 48.5 Å². The topological polar surface area (TPSA) is 131 Å². The first-order chi connectivity index (χ1) is 13.6. The van der Waals surface area contributed by atoms with Gasteiger partial charge in [-0.05, 0) is 37.3 Å². The molecule has 29 heavy (non-hydrogen) atoms. The first-order valence-corrected chi connectivity index (χ1v) is 10.4. The van der Waals surface area contributed by atoms with Crippen molar-refractivity contribution in [3.8, 4) is 5.75 Å². The third-order valence-corrected chi connectivity index (χ3v) is 4.77. The standard InChI is InChI=1S/C18H16ClN3O6S/c1-11(23)17(18(25)20-13-6-4-3-5-7-13)22-21-15-10-14(29(19,26)27)8-9-16(15)28-12(2)24/h3-10,17H,1-2H3,(H,20,25). The second-order valence-corrected chi connectivity index (χ2v) is 8.31. The lowest BCUT2D eigenvalue weighted by Gasteiger charge is -2.10. The SMILES string of the molecule is CC(=O)Oc1ccc(S(=O)(=O)Cl)cc1N=NC(C(C)=O)C(=O)Nc1ccccc1. The fourth-order valence-electron chi connectivity index (χ4n) is 2.14. The Morgan fingerprint density at radius 3 is 2.28 bits per heavy atom. The van der Waals surface area contributed by atoms with Gasteiger partial charge >= 0.3 is 5.97 Å². The van der Waals surface area contributed by atoms with E-state index in [0.29, 0.717) is 5.69 Å². The number of nitrogens with zero attached hydrogens (tertiary/aromatic N) is 2. The van der Waals surface area contributed by atoms with Crippen molar-refractivity contribution in [3.63, 3.8) is 0 Å². The van der Waals surface area contributed by atoms with Gasteiger partial charge in [-0.15, -0.1) is 0 Å². The molecule has 0 aliphatic carbocycles. The molecule has 0 saturated heterocycles. The van der Waals surface area contributed by atoms with Crippen LogP contribution >= 0.6 is 10.7 Å². The van der Waals surface area contributed by atoms with Gasteiger partial charge in [0.25, 0.3) is 15.0 Å². The summed E-state index contributed by atoms with van der Waals surface area (Å²) in [5, 5.41) is 10.0. The number of azo groups is 1. The maximum atomic E-state index is 12.4. The molecule has 0 fully saturated rings. The lowest BCUT2D eigenvalue weighted by Crippen LogP contribution is -2.31. The van der Waals surface area contributed by atoms with E-state index in [1.54, 1.807) is 30.3 Å². The second kappa shape index (κ2) is 9.39. The summed E-state index contributed by atoms with van der Waals surface area (Å²) in [5.74, 6) is -2.14. The van der Waals surface area contributed by atoms with Crippen LogP contribution in [0, 0.1) is 0 Å². The Bertz CT molecular complexity index is 1070. The van der Waals surface area contributed by atoms with Gasteiger partial charge in [0, 0.05) is 23.3 Å². The predicted molar refractivity (Wildman–Crippen MR) is 105 cm³/mol. The summed E-state index contributed by atoms with van der Waals surface area (Å²) < 4.78 is 28.0. The van der Waals surface area contributed by atoms with Gasteiger partial charge in [0.15, 0.2) is 11.5 Å². The zero-order valence-corrected chi connectivity index (χ0v) is 16.9. The number of hydrogen-bond acceptors (Lipinski definition) is 8. The molecule has 0 radical (unpaired) electrons. The van der Waals surface area contributed by atoms with Gasteiger partial charge in [0.1, 0.15) is 5.69 Å². The first-order valence-electron chi connectivity index (χ1n) is 8.12. The average molecular weight is 438 g/mol. The van der Waals surface area contributed by atoms with E-state index in [1.807, 2.05) is 0 Å². The van der Waals surface area contributed by atoms with E-state index in [4.69, 9.17) is 15.4 Å². The highest BCUT2D eigenvalue weighted by Crippen LogP contribution is 2.32. The van der Waals surface area contributed by atoms with Crippen LogP contribution in [0.1, 0.15) is 13.8 Å². The van der Waals surface area contributed by atoms with Crippen LogP contribution in [-0.4, -0.2) is 32.1 Å². The minimum Gasteiger partial charge on any atom is -0.424 e. The number of amides is 1. The molecule has 11 heteroatoms. The Balaban J connectivity index is 2.37. The Kier molecular flexibility index (Phi) is 7.18. The van der Waals surface area contributed by atoms with Crippen molar-refractivity contribution >= 4 is 48.8 Å². The monoisotopic (exact) mass is 437 g/mol. The number of hydrogen-bond donors (Lipinski definition) is 1. The van der Waals surface area contributed by atoms with Crippen LogP contribution in [0.25, 0.3) is 0 Å². The molecule has 1 unspecified atom stereocenters. The van der Waals surface area contributed by atoms with Crippen molar-refractivity contribution in [2.24, 2.45) is 10.2 Å². The zero-order chi connectivity index (χ0) is 21.6. The van der Waals surface area contributed by atoms with Crippen molar-refractivity contribution in [2.75, 3.05) is 5.32 Å². The third-order valence-electron chi connectivity index (χ3n) is 3.42. The maximum Gasteiger partial charge on any atom is 0.308 e. The number of Topliss-reactive ketones (excluding diaryl/α,β-unsaturated/α-hetero) is 1. The molecule has 1 amide bonds. The summed E-state index contributed by atoms with van der Waals surface area (Å²) >= 11 is 0. The normalized spacial score (nSPS) is 12.4. The number of nitrogens with one attached hydrogen (secondary N) is 1. The number of halogens is 1. The Hall–Kier alpha value is -3.11. The van der Waals surface area contributed by atoms with Crippen molar-refractivity contribution in [1.82, 2.24) is 0 Å². The van der Waals surface area contributed by atoms with E-state index in [2.05, 4.69) is 15.5 Å². The van der Waals surface area contributed by atoms with E-state index in [9.17, 15) is 22.8 Å². The van der Waals surface area contributed by atoms with Crippen LogP contribution in [-0.2, 0) is 23.4 Å². The first kappa shape index (κ1) is 22.2. The molecule has 0 saturated carbocycles. The van der Waals surface area contributed by atoms with Gasteiger partial charge in [-0.1, -0.05) is 18.2 Å². The van der Waals surface area contributed by atoms with Crippen molar-refractivity contribution in [2.45, 2.75) is 24.8 Å². The van der Waals surface area contributed by atoms with E-state index in [1.165, 1.54) is 0 Å². The largest absolute Gasteiger partial charge is 0.424 e. The predicted octanol–water partition coefficient (Wildman–Crippen LogP) is 3.22. The number of anilines is 1. The minimum absolute atomic E-state index is 0.115. The minimum atomic E-state index is -4.10. The summed E-state index contributed by atoms with van der Waals surface area (Å²) in [6.45, 7) is 2.29. The number of esters is 1. The van der Waals surface area contributed by atoms with Gasteiger partial charge < -0.3 is 10.1 Å². The van der Waals surface area contributed by atoms with E-state index in [-0.39, 0.29) is 16.3 Å². The van der Waals surface area contributed by atoms with Crippen molar-refractivity contribution in [1.29, 1.82) is 0 Å². The molecule has 0 aliphatic heterocycles. The number of ketones is 1. The van der Waals surface area contributed by atoms with Crippen LogP contribution < -0.4 is 10.1 Å². The summed E-state index contributed by atoms with van der Waals surface area (Å²) in [5.41, 5.74) is 0.260. The molecule has 0 spiro atoms.